The van der Waals surface area contributed by atoms with Crippen molar-refractivity contribution in [1.29, 1.82) is 0 Å². The van der Waals surface area contributed by atoms with Crippen LogP contribution < -0.4 is 10.1 Å². The molecule has 37 heavy (non-hydrogen) atoms. The van der Waals surface area contributed by atoms with Crippen LogP contribution in [0.25, 0.3) is 0 Å². The van der Waals surface area contributed by atoms with Crippen LogP contribution in [0.1, 0.15) is 42.5 Å². The summed E-state index contributed by atoms with van der Waals surface area (Å²) in [7, 11) is 3.86. The maximum atomic E-state index is 13.5. The van der Waals surface area contributed by atoms with Crippen molar-refractivity contribution in [3.63, 3.8) is 0 Å². The monoisotopic (exact) mass is 514 g/mol. The smallest absolute Gasteiger partial charge is 0.257 e. The molecule has 202 valence electrons. The molecule has 3 amide bonds. The molecule has 10 nitrogen and oxygen atoms in total. The van der Waals surface area contributed by atoms with E-state index in [0.717, 1.165) is 32.6 Å². The first kappa shape index (κ1) is 25.9. The van der Waals surface area contributed by atoms with Crippen LogP contribution in [0, 0.1) is 5.92 Å². The molecular formula is C27H38N4O6. The third-order valence-corrected chi connectivity index (χ3v) is 8.13. The zero-order valence-electron chi connectivity index (χ0n) is 21.8. The van der Waals surface area contributed by atoms with Gasteiger partial charge in [0.1, 0.15) is 18.5 Å². The summed E-state index contributed by atoms with van der Waals surface area (Å²) in [4.78, 5) is 44.9. The number of nitrogens with one attached hydrogen (secondary N) is 1. The first-order chi connectivity index (χ1) is 17.9. The summed E-state index contributed by atoms with van der Waals surface area (Å²) in [6.45, 7) is 4.77. The molecule has 3 fully saturated rings. The minimum Gasteiger partial charge on any atom is -0.490 e. The molecule has 5 rings (SSSR count). The summed E-state index contributed by atoms with van der Waals surface area (Å²) in [6.07, 6.45) is 2.73. The van der Waals surface area contributed by atoms with Gasteiger partial charge in [0.25, 0.3) is 5.91 Å². The van der Waals surface area contributed by atoms with Crippen LogP contribution >= 0.6 is 0 Å². The number of ether oxygens (including phenoxy) is 3. The molecule has 1 N–H and O–H groups in total. The molecule has 0 saturated carbocycles. The fourth-order valence-corrected chi connectivity index (χ4v) is 5.69. The maximum absolute atomic E-state index is 13.5. The highest BCUT2D eigenvalue weighted by molar-refractivity contribution is 6.00. The van der Waals surface area contributed by atoms with Crippen LogP contribution in [0.3, 0.4) is 0 Å². The molecule has 0 aliphatic carbocycles. The van der Waals surface area contributed by atoms with Crippen LogP contribution in [0.2, 0.25) is 0 Å². The molecule has 4 aliphatic rings. The first-order valence-electron chi connectivity index (χ1n) is 13.4. The fraction of sp³-hybridized carbons (Fsp3) is 0.667. The average Bonchev–Trinajstić information content (AvgIpc) is 2.92. The van der Waals surface area contributed by atoms with Crippen molar-refractivity contribution in [3.05, 3.63) is 23.8 Å². The van der Waals surface area contributed by atoms with Crippen LogP contribution in [0.5, 0.6) is 5.75 Å². The van der Waals surface area contributed by atoms with Gasteiger partial charge in [-0.2, -0.15) is 0 Å². The standard InChI is InChI=1S/C27H38N4O6/c1-29-9-11-31(12-10-29)25(32)16-20-4-5-22-24(37-20)17-36-23-6-3-19(15-21(23)27(34)30(22)2)28-26(33)18-7-13-35-14-8-18/h3,6,15,18,20,22,24H,4-5,7-14,16-17H2,1-2H3,(H,28,33)/t20-,22+,24-/m0/s1. The van der Waals surface area contributed by atoms with Crippen molar-refractivity contribution in [2.24, 2.45) is 5.92 Å². The Morgan fingerprint density at radius 2 is 1.78 bits per heavy atom. The molecule has 4 heterocycles. The Hall–Kier alpha value is -2.69. The third-order valence-electron chi connectivity index (χ3n) is 8.13. The lowest BCUT2D eigenvalue weighted by atomic mass is 9.94. The lowest BCUT2D eigenvalue weighted by Gasteiger charge is -2.42. The normalized spacial score (nSPS) is 27.4. The summed E-state index contributed by atoms with van der Waals surface area (Å²) < 4.78 is 17.8. The van der Waals surface area contributed by atoms with Gasteiger partial charge in [-0.15, -0.1) is 0 Å². The average molecular weight is 515 g/mol. The lowest BCUT2D eigenvalue weighted by Crippen LogP contribution is -2.54. The molecule has 1 aromatic carbocycles. The molecule has 0 aromatic heterocycles. The van der Waals surface area contributed by atoms with Gasteiger partial charge in [-0.05, 0) is 50.9 Å². The van der Waals surface area contributed by atoms with Gasteiger partial charge in [-0.1, -0.05) is 0 Å². The van der Waals surface area contributed by atoms with Crippen LogP contribution in [0.15, 0.2) is 18.2 Å². The molecule has 1 aromatic rings. The number of anilines is 1. The van der Waals surface area contributed by atoms with Crippen molar-refractivity contribution < 1.29 is 28.6 Å². The predicted molar refractivity (Wildman–Crippen MR) is 137 cm³/mol. The maximum Gasteiger partial charge on any atom is 0.257 e. The molecule has 0 spiro atoms. The van der Waals surface area contributed by atoms with Gasteiger partial charge in [0.15, 0.2) is 0 Å². The highest BCUT2D eigenvalue weighted by atomic mass is 16.5. The van der Waals surface area contributed by atoms with E-state index in [1.165, 1.54) is 0 Å². The number of rotatable bonds is 4. The lowest BCUT2D eigenvalue weighted by molar-refractivity contribution is -0.144. The molecule has 4 aliphatic heterocycles. The highest BCUT2D eigenvalue weighted by Crippen LogP contribution is 2.33. The number of carbonyl (C=O) groups is 3. The quantitative estimate of drug-likeness (QED) is 0.651. The second kappa shape index (κ2) is 11.4. The molecule has 10 heteroatoms. The van der Waals surface area contributed by atoms with Gasteiger partial charge < -0.3 is 34.2 Å². The number of fused-ring (bicyclic) bond motifs is 2. The van der Waals surface area contributed by atoms with E-state index < -0.39 is 0 Å². The molecular weight excluding hydrogens is 476 g/mol. The molecule has 3 saturated heterocycles. The number of benzene rings is 1. The molecule has 0 unspecified atom stereocenters. The zero-order valence-corrected chi connectivity index (χ0v) is 21.8. The molecule has 0 bridgehead atoms. The molecule has 3 atom stereocenters. The van der Waals surface area contributed by atoms with E-state index >= 15 is 0 Å². The van der Waals surface area contributed by atoms with Gasteiger partial charge in [0.05, 0.1) is 24.1 Å². The van der Waals surface area contributed by atoms with E-state index in [2.05, 4.69) is 17.3 Å². The number of amides is 3. The van der Waals surface area contributed by atoms with Crippen LogP contribution in [0.4, 0.5) is 5.69 Å². The largest absolute Gasteiger partial charge is 0.490 e. The topological polar surface area (TPSA) is 101 Å². The van der Waals surface area contributed by atoms with Crippen LogP contribution in [-0.2, 0) is 19.1 Å². The van der Waals surface area contributed by atoms with E-state index in [4.69, 9.17) is 14.2 Å². The Kier molecular flexibility index (Phi) is 7.97. The summed E-state index contributed by atoms with van der Waals surface area (Å²) in [5, 5.41) is 2.96. The van der Waals surface area contributed by atoms with Crippen LogP contribution in [-0.4, -0.2) is 111 Å². The Bertz CT molecular complexity index is 1000. The Balaban J connectivity index is 1.23. The zero-order chi connectivity index (χ0) is 25.9. The predicted octanol–water partition coefficient (Wildman–Crippen LogP) is 1.60. The second-order valence-corrected chi connectivity index (χ2v) is 10.6. The Labute approximate surface area is 218 Å². The van der Waals surface area contributed by atoms with Gasteiger partial charge in [0.2, 0.25) is 11.8 Å². The number of likely N-dealkylation sites (N-methyl/N-ethyl adjacent to an activating group) is 2. The molecule has 0 radical (unpaired) electrons. The van der Waals surface area contributed by atoms with E-state index in [-0.39, 0.29) is 41.9 Å². The van der Waals surface area contributed by atoms with Gasteiger partial charge in [-0.3, -0.25) is 14.4 Å². The SMILES string of the molecule is CN1CCN(C(=O)C[C@@H]2CC[C@@H]3[C@H](COc4ccc(NC(=O)C5CCOCC5)cc4C(=O)N3C)O2)CC1. The summed E-state index contributed by atoms with van der Waals surface area (Å²) in [5.74, 6) is 0.310. The van der Waals surface area contributed by atoms with E-state index in [1.807, 2.05) is 4.90 Å². The Morgan fingerprint density at radius 3 is 2.54 bits per heavy atom. The minimum atomic E-state index is -0.311. The number of carbonyl (C=O) groups excluding carboxylic acids is 3. The Morgan fingerprint density at radius 1 is 1.03 bits per heavy atom. The summed E-state index contributed by atoms with van der Waals surface area (Å²) >= 11 is 0. The van der Waals surface area contributed by atoms with Gasteiger partial charge in [0, 0.05) is 58.0 Å². The summed E-state index contributed by atoms with van der Waals surface area (Å²) in [5.41, 5.74) is 1.01. The highest BCUT2D eigenvalue weighted by Gasteiger charge is 2.39. The number of nitrogens with zero attached hydrogens (tertiary/aromatic N) is 3. The van der Waals surface area contributed by atoms with Crippen molar-refractivity contribution in [1.82, 2.24) is 14.7 Å². The fourth-order valence-electron chi connectivity index (χ4n) is 5.69. The first-order valence-corrected chi connectivity index (χ1v) is 13.4. The van der Waals surface area contributed by atoms with Crippen molar-refractivity contribution in [2.75, 3.05) is 65.4 Å². The number of hydrogen-bond acceptors (Lipinski definition) is 7. The third kappa shape index (κ3) is 5.91. The van der Waals surface area contributed by atoms with Gasteiger partial charge in [-0.25, -0.2) is 0 Å². The number of piperazine rings is 1. The number of hydrogen-bond donors (Lipinski definition) is 1. The van der Waals surface area contributed by atoms with Crippen molar-refractivity contribution >= 4 is 23.4 Å². The van der Waals surface area contributed by atoms with E-state index in [1.54, 1.807) is 30.1 Å². The van der Waals surface area contributed by atoms with E-state index in [0.29, 0.717) is 62.5 Å². The summed E-state index contributed by atoms with van der Waals surface area (Å²) in [6, 6.07) is 5.06. The van der Waals surface area contributed by atoms with E-state index in [9.17, 15) is 14.4 Å². The minimum absolute atomic E-state index is 0.0475. The van der Waals surface area contributed by atoms with Crippen molar-refractivity contribution in [3.8, 4) is 5.75 Å². The van der Waals surface area contributed by atoms with Gasteiger partial charge >= 0.3 is 0 Å². The van der Waals surface area contributed by atoms with Crippen molar-refractivity contribution in [2.45, 2.75) is 50.4 Å². The second-order valence-electron chi connectivity index (χ2n) is 10.6.